The fourth-order valence-electron chi connectivity index (χ4n) is 2.56. The third-order valence-electron chi connectivity index (χ3n) is 3.72. The Morgan fingerprint density at radius 2 is 2.11 bits per heavy atom. The minimum atomic E-state index is -4.97. The number of aromatic nitrogens is 1. The van der Waals surface area contributed by atoms with E-state index in [4.69, 9.17) is 31.3 Å². The molecule has 5 atom stereocenters. The van der Waals surface area contributed by atoms with Crippen LogP contribution in [0.2, 0.25) is 0 Å². The van der Waals surface area contributed by atoms with Gasteiger partial charge < -0.3 is 38.5 Å². The first-order valence-electron chi connectivity index (χ1n) is 7.60. The number of pyridine rings is 1. The molecule has 1 saturated heterocycles. The number of ether oxygens (including phenoxy) is 1. The summed E-state index contributed by atoms with van der Waals surface area (Å²) in [6.45, 7) is -0.284. The molecule has 0 radical (unpaired) electrons. The Labute approximate surface area is 170 Å². The molecule has 0 saturated carbocycles. The summed E-state index contributed by atoms with van der Waals surface area (Å²) in [5, 5.41) is 13.1. The average molecular weight is 491 g/mol. The van der Waals surface area contributed by atoms with E-state index in [1.54, 1.807) is 10.8 Å². The lowest BCUT2D eigenvalue weighted by Gasteiger charge is -2.19. The van der Waals surface area contributed by atoms with Gasteiger partial charge in [0.05, 0.1) is 17.4 Å². The maximum absolute atomic E-state index is 10.6. The van der Waals surface area contributed by atoms with Crippen LogP contribution in [0.4, 0.5) is 0 Å². The van der Waals surface area contributed by atoms with E-state index in [1.807, 2.05) is 17.5 Å². The normalized spacial score (nSPS) is 25.2. The molecule has 2 aromatic heterocycles. The molecule has 1 aliphatic heterocycles. The summed E-state index contributed by atoms with van der Waals surface area (Å²) >= 11 is 6.99. The maximum Gasteiger partial charge on any atom is 0.476 e. The van der Waals surface area contributed by atoms with Gasteiger partial charge in [-0.1, -0.05) is 12.2 Å². The molecule has 16 heteroatoms. The van der Waals surface area contributed by atoms with Crippen molar-refractivity contribution in [3.63, 3.8) is 0 Å². The molecule has 3 rings (SSSR count). The second-order valence-electron chi connectivity index (χ2n) is 5.59. The number of aliphatic hydroxyl groups is 1. The van der Waals surface area contributed by atoms with Gasteiger partial charge in [-0.15, -0.1) is 11.3 Å². The molecule has 0 bridgehead atoms. The molecule has 0 aliphatic carbocycles. The van der Waals surface area contributed by atoms with E-state index in [0.29, 0.717) is 4.64 Å². The monoisotopic (exact) mass is 491 g/mol. The molecule has 156 valence electrons. The number of thiophene rings is 1. The van der Waals surface area contributed by atoms with Gasteiger partial charge >= 0.3 is 25.0 Å². The van der Waals surface area contributed by atoms with Crippen molar-refractivity contribution in [1.82, 2.24) is 4.57 Å². The van der Waals surface area contributed by atoms with Crippen LogP contribution in [0.15, 0.2) is 23.7 Å². The molecule has 3 heterocycles. The number of aliphatic hydroxyl groups excluding tert-OH is 1. The van der Waals surface area contributed by atoms with E-state index in [0.717, 1.165) is 10.1 Å². The first-order valence-corrected chi connectivity index (χ1v) is 12.7. The smallest absolute Gasteiger partial charge is 0.390 e. The van der Waals surface area contributed by atoms with Crippen molar-refractivity contribution in [2.45, 2.75) is 24.9 Å². The Hall–Kier alpha value is 0.0600. The molecule has 28 heavy (non-hydrogen) atoms. The van der Waals surface area contributed by atoms with Crippen molar-refractivity contribution in [3.8, 4) is 0 Å². The van der Waals surface area contributed by atoms with Crippen LogP contribution in [0.3, 0.4) is 0 Å². The van der Waals surface area contributed by atoms with Gasteiger partial charge in [0.15, 0.2) is 0 Å². The molecule has 1 fully saturated rings. The molecule has 11 nitrogen and oxygen atoms in total. The van der Waals surface area contributed by atoms with Crippen LogP contribution in [-0.4, -0.2) is 48.1 Å². The third-order valence-corrected chi connectivity index (χ3v) is 8.10. The van der Waals surface area contributed by atoms with Crippen molar-refractivity contribution >= 4 is 58.7 Å². The Morgan fingerprint density at radius 3 is 2.82 bits per heavy atom. The zero-order chi connectivity index (χ0) is 20.5. The zero-order valence-electron chi connectivity index (χ0n) is 13.8. The van der Waals surface area contributed by atoms with E-state index >= 15 is 0 Å². The number of hydrogen-bond acceptors (Lipinski definition) is 10. The quantitative estimate of drug-likeness (QED) is 0.273. The Balaban J connectivity index is 1.56. The molecular weight excluding hydrogens is 475 g/mol. The summed E-state index contributed by atoms with van der Waals surface area (Å²) in [5.74, 6) is 0. The number of fused-ring (bicyclic) bond motifs is 1. The van der Waals surface area contributed by atoms with Gasteiger partial charge in [-0.25, -0.2) is 13.2 Å². The van der Waals surface area contributed by atoms with E-state index in [1.165, 1.54) is 11.3 Å². The molecule has 0 amide bonds. The standard InChI is InChI=1S/C12H16NO10P3S2/c14-8-5-10(13-3-1-7-2-4-28-11(7)12(13)27)21-9(8)6-20-24(15)22-25(16)23-26(17,18)19/h1-4,8-10,14-16H,5-6H2,(H2,17,18,19)/t8-,9?,10?,24?,25?/m1/s1. The summed E-state index contributed by atoms with van der Waals surface area (Å²) in [5.41, 5.74) is 0. The van der Waals surface area contributed by atoms with Crippen molar-refractivity contribution in [2.24, 2.45) is 0 Å². The van der Waals surface area contributed by atoms with Crippen LogP contribution in [0.25, 0.3) is 10.1 Å². The fourth-order valence-corrected chi connectivity index (χ4v) is 5.89. The summed E-state index contributed by atoms with van der Waals surface area (Å²) in [4.78, 5) is 35.8. The van der Waals surface area contributed by atoms with Crippen molar-refractivity contribution in [1.29, 1.82) is 0 Å². The van der Waals surface area contributed by atoms with Gasteiger partial charge in [0.25, 0.3) is 0 Å². The average Bonchev–Trinajstić information content (AvgIpc) is 3.18. The summed E-state index contributed by atoms with van der Waals surface area (Å²) in [6, 6.07) is 3.85. The van der Waals surface area contributed by atoms with Gasteiger partial charge in [-0.2, -0.15) is 0 Å². The van der Waals surface area contributed by atoms with E-state index in [-0.39, 0.29) is 13.0 Å². The van der Waals surface area contributed by atoms with Crippen molar-refractivity contribution in [3.05, 3.63) is 28.4 Å². The number of nitrogens with zero attached hydrogens (tertiary/aromatic N) is 1. The van der Waals surface area contributed by atoms with Crippen molar-refractivity contribution < 1.29 is 47.1 Å². The van der Waals surface area contributed by atoms with E-state index in [2.05, 4.69) is 8.62 Å². The van der Waals surface area contributed by atoms with E-state index < -0.39 is 43.5 Å². The SMILES string of the molecule is O=P(O)(O)OP(O)OP(O)OCC1OC(n2ccc3ccsc3c2=S)C[C@H]1O. The Kier molecular flexibility index (Phi) is 7.69. The van der Waals surface area contributed by atoms with Gasteiger partial charge in [0.2, 0.25) is 0 Å². The van der Waals surface area contributed by atoms with Gasteiger partial charge in [0.1, 0.15) is 17.0 Å². The van der Waals surface area contributed by atoms with Gasteiger partial charge in [0, 0.05) is 12.6 Å². The van der Waals surface area contributed by atoms with Crippen LogP contribution in [0, 0.1) is 4.64 Å². The van der Waals surface area contributed by atoms with Crippen LogP contribution >= 0.6 is 48.6 Å². The number of rotatable bonds is 8. The number of hydrogen-bond donors (Lipinski definition) is 5. The predicted molar refractivity (Wildman–Crippen MR) is 104 cm³/mol. The Bertz CT molecular complexity index is 918. The first-order chi connectivity index (χ1) is 13.1. The summed E-state index contributed by atoms with van der Waals surface area (Å²) < 4.78 is 32.8. The molecule has 0 aromatic carbocycles. The van der Waals surface area contributed by atoms with Crippen LogP contribution < -0.4 is 0 Å². The highest BCUT2D eigenvalue weighted by Crippen LogP contribution is 2.58. The molecule has 0 spiro atoms. The molecule has 1 aliphatic rings. The van der Waals surface area contributed by atoms with Crippen molar-refractivity contribution in [2.75, 3.05) is 6.61 Å². The maximum atomic E-state index is 10.6. The first kappa shape index (κ1) is 22.7. The minimum Gasteiger partial charge on any atom is -0.390 e. The Morgan fingerprint density at radius 1 is 1.36 bits per heavy atom. The molecule has 4 unspecified atom stereocenters. The van der Waals surface area contributed by atoms with Crippen LogP contribution in [-0.2, 0) is 22.4 Å². The van der Waals surface area contributed by atoms with Crippen LogP contribution in [0.1, 0.15) is 12.6 Å². The molecule has 2 aromatic rings. The van der Waals surface area contributed by atoms with Gasteiger partial charge in [-0.3, -0.25) is 0 Å². The summed E-state index contributed by atoms with van der Waals surface area (Å²) in [6.07, 6.45) is -0.215. The molecular formula is C12H16NO10P3S2. The summed E-state index contributed by atoms with van der Waals surface area (Å²) in [7, 11) is -10.7. The largest absolute Gasteiger partial charge is 0.476 e. The lowest BCUT2D eigenvalue weighted by Crippen LogP contribution is -2.25. The second kappa shape index (κ2) is 9.47. The fraction of sp³-hybridized carbons (Fsp3) is 0.417. The lowest BCUT2D eigenvalue weighted by molar-refractivity contribution is -0.0411. The highest BCUT2D eigenvalue weighted by Gasteiger charge is 2.36. The second-order valence-corrected chi connectivity index (χ2v) is 10.4. The van der Waals surface area contributed by atoms with Gasteiger partial charge in [-0.05, 0) is 22.9 Å². The zero-order valence-corrected chi connectivity index (χ0v) is 18.2. The highest BCUT2D eigenvalue weighted by molar-refractivity contribution is 7.71. The highest BCUT2D eigenvalue weighted by atomic mass is 32.1. The number of phosphoric acid groups is 1. The topological polar surface area (TPSA) is 160 Å². The van der Waals surface area contributed by atoms with Crippen LogP contribution in [0.5, 0.6) is 0 Å². The third kappa shape index (κ3) is 5.81. The molecule has 5 N–H and O–H groups in total. The predicted octanol–water partition coefficient (Wildman–Crippen LogP) is 2.66. The van der Waals surface area contributed by atoms with E-state index in [9.17, 15) is 19.5 Å². The minimum absolute atomic E-state index is 0.247. The lowest BCUT2D eigenvalue weighted by atomic mass is 10.2.